The van der Waals surface area contributed by atoms with Crippen LogP contribution in [0.25, 0.3) is 0 Å². The van der Waals surface area contributed by atoms with Crippen molar-refractivity contribution in [3.05, 3.63) is 42.0 Å². The monoisotopic (exact) mass is 293 g/mol. The molecule has 1 aromatic carbocycles. The largest absolute Gasteiger partial charge is 0.543 e. The zero-order chi connectivity index (χ0) is 16.1. The van der Waals surface area contributed by atoms with Gasteiger partial charge in [-0.05, 0) is 42.6 Å². The SMILES string of the molecule is [2H]C(O)/C=C\CCc1ccccc1O[Si](C)(C)C(C)(C)C. The average Bonchev–Trinajstić information content (AvgIpc) is 2.34. The molecule has 0 aromatic heterocycles. The second-order valence-corrected chi connectivity index (χ2v) is 11.3. The van der Waals surface area contributed by atoms with E-state index < -0.39 is 14.9 Å². The molecule has 0 bridgehead atoms. The summed E-state index contributed by atoms with van der Waals surface area (Å²) in [4.78, 5) is 0. The van der Waals surface area contributed by atoms with Crippen molar-refractivity contribution in [1.29, 1.82) is 0 Å². The van der Waals surface area contributed by atoms with Crippen LogP contribution >= 0.6 is 0 Å². The van der Waals surface area contributed by atoms with Crippen LogP contribution in [0.3, 0.4) is 0 Å². The van der Waals surface area contributed by atoms with Crippen LogP contribution in [0.15, 0.2) is 36.4 Å². The molecule has 1 N–H and O–H groups in total. The first-order valence-corrected chi connectivity index (χ1v) is 10.1. The molecule has 1 aromatic rings. The first kappa shape index (κ1) is 15.3. The molecule has 0 saturated carbocycles. The summed E-state index contributed by atoms with van der Waals surface area (Å²) in [5.41, 5.74) is 1.19. The van der Waals surface area contributed by atoms with Gasteiger partial charge in [0.15, 0.2) is 0 Å². The van der Waals surface area contributed by atoms with Gasteiger partial charge in [-0.2, -0.15) is 0 Å². The van der Waals surface area contributed by atoms with E-state index in [9.17, 15) is 0 Å². The van der Waals surface area contributed by atoms with Crippen molar-refractivity contribution in [1.82, 2.24) is 0 Å². The van der Waals surface area contributed by atoms with Crippen molar-refractivity contribution in [3.8, 4) is 5.75 Å². The van der Waals surface area contributed by atoms with Gasteiger partial charge in [0.05, 0.1) is 7.95 Å². The molecule has 0 aliphatic carbocycles. The summed E-state index contributed by atoms with van der Waals surface area (Å²) in [7, 11) is -1.83. The van der Waals surface area contributed by atoms with Crippen molar-refractivity contribution in [3.63, 3.8) is 0 Å². The molecular formula is C17H28O2Si. The van der Waals surface area contributed by atoms with E-state index >= 15 is 0 Å². The zero-order valence-corrected chi connectivity index (χ0v) is 14.3. The van der Waals surface area contributed by atoms with Gasteiger partial charge in [0.25, 0.3) is 0 Å². The smallest absolute Gasteiger partial charge is 0.250 e. The van der Waals surface area contributed by atoms with Crippen LogP contribution < -0.4 is 4.43 Å². The third-order valence-corrected chi connectivity index (χ3v) is 8.29. The average molecular weight is 294 g/mol. The molecule has 0 heterocycles. The topological polar surface area (TPSA) is 29.5 Å². The van der Waals surface area contributed by atoms with Crippen LogP contribution in [0.1, 0.15) is 34.1 Å². The number of aliphatic hydroxyl groups is 1. The molecule has 1 atom stereocenters. The van der Waals surface area contributed by atoms with E-state index in [0.717, 1.165) is 18.6 Å². The standard InChI is InChI=1S/C17H28O2Si/c1-17(2,3)20(4,5)19-16-13-9-8-12-15(16)11-7-6-10-14-18/h6,8-10,12-13,18H,7,11,14H2,1-5H3/b10-6-/i14D. The van der Waals surface area contributed by atoms with Gasteiger partial charge in [-0.15, -0.1) is 0 Å². The third-order valence-electron chi connectivity index (χ3n) is 3.95. The van der Waals surface area contributed by atoms with Crippen molar-refractivity contribution in [2.24, 2.45) is 0 Å². The van der Waals surface area contributed by atoms with Gasteiger partial charge < -0.3 is 9.53 Å². The molecule has 1 unspecified atom stereocenters. The number of aliphatic hydroxyl groups excluding tert-OH is 1. The Balaban J connectivity index is 2.80. The number of para-hydroxylation sites is 1. The van der Waals surface area contributed by atoms with Crippen LogP contribution in [0.2, 0.25) is 18.1 Å². The van der Waals surface area contributed by atoms with E-state index in [0.29, 0.717) is 0 Å². The maximum absolute atomic E-state index is 8.91. The minimum atomic E-state index is -1.83. The molecule has 1 rings (SSSR count). The lowest BCUT2D eigenvalue weighted by molar-refractivity contribution is 0.342. The van der Waals surface area contributed by atoms with Crippen LogP contribution in [-0.2, 0) is 6.42 Å². The number of allylic oxidation sites excluding steroid dienone is 1. The first-order chi connectivity index (χ1) is 9.63. The lowest BCUT2D eigenvalue weighted by Gasteiger charge is -2.37. The normalized spacial score (nSPS) is 15.2. The molecule has 0 aliphatic heterocycles. The Morgan fingerprint density at radius 2 is 1.90 bits per heavy atom. The Morgan fingerprint density at radius 3 is 2.50 bits per heavy atom. The van der Waals surface area contributed by atoms with E-state index in [1.54, 1.807) is 0 Å². The number of hydrogen-bond donors (Lipinski definition) is 1. The van der Waals surface area contributed by atoms with E-state index in [-0.39, 0.29) is 5.04 Å². The van der Waals surface area contributed by atoms with Crippen molar-refractivity contribution >= 4 is 8.32 Å². The van der Waals surface area contributed by atoms with E-state index in [4.69, 9.17) is 10.9 Å². The summed E-state index contributed by atoms with van der Waals surface area (Å²) < 4.78 is 13.4. The predicted molar refractivity (Wildman–Crippen MR) is 88.8 cm³/mol. The summed E-state index contributed by atoms with van der Waals surface area (Å²) in [5, 5.41) is 9.08. The molecule has 0 amide bonds. The molecule has 0 radical (unpaired) electrons. The summed E-state index contributed by atoms with van der Waals surface area (Å²) in [5.74, 6) is 0.976. The third kappa shape index (κ3) is 4.80. The van der Waals surface area contributed by atoms with Gasteiger partial charge >= 0.3 is 0 Å². The number of hydrogen-bond acceptors (Lipinski definition) is 2. The molecule has 0 spiro atoms. The quantitative estimate of drug-likeness (QED) is 0.616. The van der Waals surface area contributed by atoms with Crippen molar-refractivity contribution < 1.29 is 10.9 Å². The number of benzene rings is 1. The molecule has 2 nitrogen and oxygen atoms in total. The molecule has 0 aliphatic rings. The Hall–Kier alpha value is -1.06. The van der Waals surface area contributed by atoms with Crippen molar-refractivity contribution in [2.75, 3.05) is 6.58 Å². The molecule has 0 saturated heterocycles. The highest BCUT2D eigenvalue weighted by Crippen LogP contribution is 2.38. The highest BCUT2D eigenvalue weighted by Gasteiger charge is 2.39. The second kappa shape index (κ2) is 7.09. The van der Waals surface area contributed by atoms with Crippen LogP contribution in [0, 0.1) is 0 Å². The summed E-state index contributed by atoms with van der Waals surface area (Å²) in [6.07, 6.45) is 5.00. The minimum absolute atomic E-state index is 0.176. The van der Waals surface area contributed by atoms with Crippen molar-refractivity contribution in [2.45, 2.75) is 51.7 Å². The fraction of sp³-hybridized carbons (Fsp3) is 0.529. The van der Waals surface area contributed by atoms with E-state index in [1.807, 2.05) is 24.3 Å². The minimum Gasteiger partial charge on any atom is -0.543 e. The van der Waals surface area contributed by atoms with Gasteiger partial charge in [-0.1, -0.05) is 51.1 Å². The maximum Gasteiger partial charge on any atom is 0.250 e. The highest BCUT2D eigenvalue weighted by atomic mass is 28.4. The summed E-state index contributed by atoms with van der Waals surface area (Å²) in [6, 6.07) is 8.17. The van der Waals surface area contributed by atoms with Gasteiger partial charge in [0, 0.05) is 0 Å². The summed E-state index contributed by atoms with van der Waals surface area (Å²) >= 11 is 0. The zero-order valence-electron chi connectivity index (χ0n) is 14.3. The predicted octanol–water partition coefficient (Wildman–Crippen LogP) is 4.55. The fourth-order valence-electron chi connectivity index (χ4n) is 1.63. The van der Waals surface area contributed by atoms with Gasteiger partial charge in [0.1, 0.15) is 5.75 Å². The number of aryl methyl sites for hydroxylation is 1. The van der Waals surface area contributed by atoms with Gasteiger partial charge in [-0.25, -0.2) is 0 Å². The Kier molecular flexibility index (Phi) is 5.43. The Morgan fingerprint density at radius 1 is 1.25 bits per heavy atom. The lowest BCUT2D eigenvalue weighted by atomic mass is 10.1. The van der Waals surface area contributed by atoms with Gasteiger partial charge in [0.2, 0.25) is 8.32 Å². The lowest BCUT2D eigenvalue weighted by Crippen LogP contribution is -2.44. The molecule has 112 valence electrons. The molecule has 0 fully saturated rings. The maximum atomic E-state index is 8.91. The van der Waals surface area contributed by atoms with E-state index in [1.165, 1.54) is 11.6 Å². The van der Waals surface area contributed by atoms with Gasteiger partial charge in [-0.3, -0.25) is 0 Å². The molecule has 20 heavy (non-hydrogen) atoms. The summed E-state index contributed by atoms with van der Waals surface area (Å²) in [6.45, 7) is 10.1. The molecule has 3 heteroatoms. The fourth-order valence-corrected chi connectivity index (χ4v) is 2.69. The Bertz CT molecular complexity index is 476. The molecular weight excluding hydrogens is 264 g/mol. The van der Waals surface area contributed by atoms with Crippen LogP contribution in [0.5, 0.6) is 5.75 Å². The van der Waals surface area contributed by atoms with Crippen LogP contribution in [-0.4, -0.2) is 20.0 Å². The first-order valence-electron chi connectivity index (χ1n) is 7.75. The second-order valence-electron chi connectivity index (χ2n) is 6.59. The van der Waals surface area contributed by atoms with Crippen LogP contribution in [0.4, 0.5) is 0 Å². The Labute approximate surface area is 126 Å². The van der Waals surface area contributed by atoms with E-state index in [2.05, 4.69) is 39.9 Å². The highest BCUT2D eigenvalue weighted by molar-refractivity contribution is 6.74. The number of rotatable bonds is 6.